The molecule has 0 saturated carbocycles. The van der Waals surface area contributed by atoms with Gasteiger partial charge in [0.05, 0.1) is 44.7 Å². The molecule has 12 nitrogen and oxygen atoms in total. The van der Waals surface area contributed by atoms with Crippen LogP contribution >= 0.6 is 11.6 Å². The fourth-order valence-electron chi connectivity index (χ4n) is 5.07. The van der Waals surface area contributed by atoms with Gasteiger partial charge in [0.2, 0.25) is 11.8 Å². The molecule has 0 aliphatic carbocycles. The number of hydrogen-bond donors (Lipinski definition) is 4. The lowest BCUT2D eigenvalue weighted by atomic mass is 10.1. The first-order valence-electron chi connectivity index (χ1n) is 16.6. The molecule has 13 heteroatoms. The highest BCUT2D eigenvalue weighted by molar-refractivity contribution is 6.18. The highest BCUT2D eigenvalue weighted by Crippen LogP contribution is 2.26. The first-order valence-corrected chi connectivity index (χ1v) is 17.1. The summed E-state index contributed by atoms with van der Waals surface area (Å²) in [5.74, 6) is 3.34. The van der Waals surface area contributed by atoms with Crippen molar-refractivity contribution in [1.82, 2.24) is 24.9 Å². The molecule has 5 N–H and O–H groups in total. The van der Waals surface area contributed by atoms with Gasteiger partial charge in [0.1, 0.15) is 24.7 Å². The summed E-state index contributed by atoms with van der Waals surface area (Å²) >= 11 is 5.64. The van der Waals surface area contributed by atoms with Crippen molar-refractivity contribution in [3.05, 3.63) is 96.3 Å². The summed E-state index contributed by atoms with van der Waals surface area (Å²) in [5.41, 5.74) is 8.78. The molecule has 0 aliphatic rings. The summed E-state index contributed by atoms with van der Waals surface area (Å²) in [6.45, 7) is 6.80. The van der Waals surface area contributed by atoms with Gasteiger partial charge in [-0.15, -0.1) is 21.8 Å². The van der Waals surface area contributed by atoms with E-state index in [2.05, 4.69) is 39.8 Å². The van der Waals surface area contributed by atoms with Crippen molar-refractivity contribution in [2.75, 3.05) is 66.2 Å². The van der Waals surface area contributed by atoms with Gasteiger partial charge in [-0.1, -0.05) is 24.3 Å². The summed E-state index contributed by atoms with van der Waals surface area (Å²) in [5, 5.41) is 33.1. The van der Waals surface area contributed by atoms with E-state index in [9.17, 15) is 0 Å². The predicted molar refractivity (Wildman–Crippen MR) is 203 cm³/mol. The lowest BCUT2D eigenvalue weighted by Crippen LogP contribution is -2.24. The average Bonchev–Trinajstić information content (AvgIpc) is 3.74. The van der Waals surface area contributed by atoms with Gasteiger partial charge in [-0.25, -0.2) is 9.36 Å². The van der Waals surface area contributed by atoms with Gasteiger partial charge in [-0.2, -0.15) is 0 Å². The monoisotopic (exact) mass is 718 g/mol. The molecule has 6 rings (SSSR count). The number of halogens is 1. The number of benzene rings is 4. The summed E-state index contributed by atoms with van der Waals surface area (Å²) in [6.07, 6.45) is 0. The Labute approximate surface area is 303 Å². The van der Waals surface area contributed by atoms with E-state index in [1.54, 1.807) is 14.2 Å². The molecule has 0 spiro atoms. The number of rotatable bonds is 14. The van der Waals surface area contributed by atoms with Gasteiger partial charge in [-0.3, -0.25) is 0 Å². The maximum atomic E-state index is 8.73. The van der Waals surface area contributed by atoms with E-state index >= 15 is 0 Å². The Morgan fingerprint density at radius 2 is 1.10 bits per heavy atom. The van der Waals surface area contributed by atoms with Crippen molar-refractivity contribution in [3.8, 4) is 34.6 Å². The quantitative estimate of drug-likeness (QED) is 0.0874. The van der Waals surface area contributed by atoms with Crippen LogP contribution in [0.5, 0.6) is 23.3 Å². The number of aryl methyl sites for hydroxylation is 2. The number of nitrogens with zero attached hydrogens (tertiary/aromatic N) is 4. The highest BCUT2D eigenvalue weighted by Gasteiger charge is 2.10. The summed E-state index contributed by atoms with van der Waals surface area (Å²) in [6, 6.07) is 28.3. The summed E-state index contributed by atoms with van der Waals surface area (Å²) < 4.78 is 25.4. The first-order chi connectivity index (χ1) is 24.8. The molecule has 0 amide bonds. The number of aliphatic hydroxyl groups excluding tert-OH is 2. The van der Waals surface area contributed by atoms with Crippen molar-refractivity contribution in [2.45, 2.75) is 13.8 Å². The number of methoxy groups -OCH3 is 2. The van der Waals surface area contributed by atoms with E-state index in [1.807, 2.05) is 83.9 Å². The van der Waals surface area contributed by atoms with E-state index in [1.165, 1.54) is 0 Å². The minimum atomic E-state index is 0.0972. The summed E-state index contributed by atoms with van der Waals surface area (Å²) in [7, 11) is 3.34. The minimum Gasteiger partial charge on any atom is -0.497 e. The Bertz CT molecular complexity index is 1960. The van der Waals surface area contributed by atoms with Crippen molar-refractivity contribution in [1.29, 1.82) is 0 Å². The van der Waals surface area contributed by atoms with Gasteiger partial charge in [-0.05, 0) is 83.9 Å². The molecule has 51 heavy (non-hydrogen) atoms. The van der Waals surface area contributed by atoms with Crippen molar-refractivity contribution in [2.24, 2.45) is 5.73 Å². The smallest absolute Gasteiger partial charge is 0.233 e. The molecule has 0 bridgehead atoms. The van der Waals surface area contributed by atoms with E-state index in [-0.39, 0.29) is 13.2 Å². The topological polar surface area (TPSA) is 151 Å². The van der Waals surface area contributed by atoms with Gasteiger partial charge in [0.15, 0.2) is 0 Å². The lowest BCUT2D eigenvalue weighted by Gasteiger charge is -2.07. The van der Waals surface area contributed by atoms with Crippen LogP contribution in [0.1, 0.15) is 11.4 Å². The third-order valence-corrected chi connectivity index (χ3v) is 7.71. The molecule has 2 aromatic heterocycles. The highest BCUT2D eigenvalue weighted by atomic mass is 35.5. The number of fused-ring (bicyclic) bond motifs is 2. The number of aliphatic hydroxyl groups is 2. The second-order valence-electron chi connectivity index (χ2n) is 11.2. The Morgan fingerprint density at radius 3 is 1.53 bits per heavy atom. The molecule has 0 aliphatic heterocycles. The number of hydrogen-bond acceptors (Lipinski definition) is 10. The third-order valence-electron chi connectivity index (χ3n) is 7.55. The molecule has 6 aromatic rings. The fourth-order valence-corrected chi connectivity index (χ4v) is 5.15. The van der Waals surface area contributed by atoms with Gasteiger partial charge in [0, 0.05) is 43.2 Å². The van der Waals surface area contributed by atoms with Gasteiger partial charge in [0.25, 0.3) is 0 Å². The standard InChI is InChI=1S/C19H23N3O3.C17H17ClN2O2.C2H7NO/c1-14-11-19(25-10-8-20-7-9-23)21-22(14)17-5-3-16-13-18(24-2)6-4-15(16)12-17;1-12-9-17(22-8-7-18)19-20(12)15-5-3-14-11-16(21-2)6-4-13(14)10-15;3-1-2-4/h3-6,11-13,20,23H,7-10H2,1-2H3;3-6,9-11H,7-8H2,1-2H3;4H,1-3H2. The molecule has 272 valence electrons. The fraction of sp³-hybridized carbons (Fsp3) is 0.316. The zero-order chi connectivity index (χ0) is 36.6. The second kappa shape index (κ2) is 20.1. The first kappa shape index (κ1) is 38.9. The Morgan fingerprint density at radius 1 is 0.647 bits per heavy atom. The Balaban J connectivity index is 0.000000208. The second-order valence-corrected chi connectivity index (χ2v) is 11.6. The predicted octanol–water partition coefficient (Wildman–Crippen LogP) is 5.20. The number of nitrogens with one attached hydrogen (secondary N) is 1. The van der Waals surface area contributed by atoms with E-state index in [0.717, 1.165) is 55.8 Å². The molecule has 0 unspecified atom stereocenters. The molecule has 4 aromatic carbocycles. The van der Waals surface area contributed by atoms with Crippen LogP contribution in [-0.2, 0) is 0 Å². The van der Waals surface area contributed by atoms with Crippen LogP contribution in [0.4, 0.5) is 0 Å². The number of alkyl halides is 1. The maximum Gasteiger partial charge on any atom is 0.233 e. The van der Waals surface area contributed by atoms with Crippen molar-refractivity contribution >= 4 is 33.1 Å². The molecule has 0 atom stereocenters. The van der Waals surface area contributed by atoms with Crippen LogP contribution in [0, 0.1) is 13.8 Å². The van der Waals surface area contributed by atoms with E-state index in [4.69, 9.17) is 46.5 Å². The molecule has 2 heterocycles. The van der Waals surface area contributed by atoms with Crippen molar-refractivity contribution < 1.29 is 29.2 Å². The maximum absolute atomic E-state index is 8.73. The largest absolute Gasteiger partial charge is 0.497 e. The Hall–Kier alpha value is -4.85. The van der Waals surface area contributed by atoms with Crippen LogP contribution < -0.4 is 30.0 Å². The van der Waals surface area contributed by atoms with Gasteiger partial charge < -0.3 is 40.2 Å². The van der Waals surface area contributed by atoms with E-state index in [0.29, 0.717) is 50.5 Å². The van der Waals surface area contributed by atoms with Crippen LogP contribution in [0.2, 0.25) is 0 Å². The van der Waals surface area contributed by atoms with Crippen LogP contribution in [0.15, 0.2) is 84.9 Å². The Kier molecular flexibility index (Phi) is 15.4. The molecule has 0 fully saturated rings. The van der Waals surface area contributed by atoms with E-state index < -0.39 is 0 Å². The number of aromatic nitrogens is 4. The number of nitrogens with two attached hydrogens (primary N) is 1. The van der Waals surface area contributed by atoms with Gasteiger partial charge >= 0.3 is 0 Å². The lowest BCUT2D eigenvalue weighted by molar-refractivity contribution is 0.271. The van der Waals surface area contributed by atoms with Crippen LogP contribution in [-0.4, -0.2) is 95.9 Å². The molecule has 0 radical (unpaired) electrons. The molecular formula is C38H47ClN6O6. The SMILES string of the molecule is COc1ccc2cc(-n3nc(OCCCl)cc3C)ccc2c1.COc1ccc2cc(-n3nc(OCCNCCO)cc3C)ccc2c1.NCCO. The average molecular weight is 719 g/mol. The zero-order valence-electron chi connectivity index (χ0n) is 29.5. The normalized spacial score (nSPS) is 10.7. The number of ether oxygens (including phenoxy) is 4. The zero-order valence-corrected chi connectivity index (χ0v) is 30.3. The third kappa shape index (κ3) is 11.1. The summed E-state index contributed by atoms with van der Waals surface area (Å²) in [4.78, 5) is 0. The van der Waals surface area contributed by atoms with Crippen LogP contribution in [0.3, 0.4) is 0 Å². The van der Waals surface area contributed by atoms with Crippen molar-refractivity contribution in [3.63, 3.8) is 0 Å². The molecular weight excluding hydrogens is 672 g/mol. The van der Waals surface area contributed by atoms with Crippen LogP contribution in [0.25, 0.3) is 32.9 Å². The minimum absolute atomic E-state index is 0.0972. The molecule has 0 saturated heterocycles.